The van der Waals surface area contributed by atoms with Gasteiger partial charge in [0.2, 0.25) is 5.91 Å². The third-order valence-electron chi connectivity index (χ3n) is 1.82. The molecule has 0 atom stereocenters. The molecule has 0 aliphatic rings. The predicted molar refractivity (Wildman–Crippen MR) is 56.1 cm³/mol. The van der Waals surface area contributed by atoms with Crippen molar-refractivity contribution in [3.63, 3.8) is 0 Å². The summed E-state index contributed by atoms with van der Waals surface area (Å²) in [6.07, 6.45) is -2.07. The van der Waals surface area contributed by atoms with E-state index in [0.717, 1.165) is 5.39 Å². The van der Waals surface area contributed by atoms with Gasteiger partial charge < -0.3 is 10.8 Å². The Bertz CT molecular complexity index is 608. The van der Waals surface area contributed by atoms with Crippen molar-refractivity contribution in [3.05, 3.63) is 24.0 Å². The van der Waals surface area contributed by atoms with Crippen LogP contribution in [0.2, 0.25) is 0 Å². The summed E-state index contributed by atoms with van der Waals surface area (Å²) in [6.45, 7) is 0. The lowest BCUT2D eigenvalue weighted by atomic mass is 10.2. The maximum absolute atomic E-state index is 10.7. The van der Waals surface area contributed by atoms with E-state index in [-0.39, 0.29) is 0 Å². The highest BCUT2D eigenvalue weighted by atomic mass is 19.4. The first-order valence-electron chi connectivity index (χ1n) is 4.61. The quantitative estimate of drug-likeness (QED) is 0.707. The van der Waals surface area contributed by atoms with Crippen LogP contribution >= 0.6 is 0 Å². The van der Waals surface area contributed by atoms with Crippen molar-refractivity contribution in [2.24, 2.45) is 5.73 Å². The van der Waals surface area contributed by atoms with Crippen molar-refractivity contribution in [2.45, 2.75) is 6.18 Å². The van der Waals surface area contributed by atoms with Gasteiger partial charge in [-0.15, -0.1) is 0 Å². The number of pyridine rings is 1. The number of aliphatic carboxylic acids is 1. The predicted octanol–water partition coefficient (Wildman–Crippen LogP) is 0.690. The SMILES string of the molecule is NC(=O)c1cnc2[nH]ncc2c1.O=C(O)C(F)(F)F. The summed E-state index contributed by atoms with van der Waals surface area (Å²) in [6, 6.07) is 1.65. The van der Waals surface area contributed by atoms with Crippen LogP contribution in [0.3, 0.4) is 0 Å². The number of nitrogens with two attached hydrogens (primary N) is 1. The molecule has 2 rings (SSSR count). The van der Waals surface area contributed by atoms with Crippen molar-refractivity contribution >= 4 is 22.9 Å². The largest absolute Gasteiger partial charge is 0.490 e. The number of carbonyl (C=O) groups excluding carboxylic acids is 1. The molecule has 0 aromatic carbocycles. The second kappa shape index (κ2) is 5.33. The first-order valence-corrected chi connectivity index (χ1v) is 4.61. The fourth-order valence-corrected chi connectivity index (χ4v) is 0.971. The van der Waals surface area contributed by atoms with Crippen LogP contribution in [0.1, 0.15) is 10.4 Å². The van der Waals surface area contributed by atoms with Gasteiger partial charge in [-0.05, 0) is 6.07 Å². The van der Waals surface area contributed by atoms with E-state index in [0.29, 0.717) is 11.2 Å². The maximum atomic E-state index is 10.7. The molecule has 0 radical (unpaired) electrons. The number of carbonyl (C=O) groups is 2. The van der Waals surface area contributed by atoms with E-state index in [2.05, 4.69) is 15.2 Å². The number of aromatic nitrogens is 3. The third kappa shape index (κ3) is 3.94. The number of rotatable bonds is 1. The molecule has 0 aliphatic heterocycles. The van der Waals surface area contributed by atoms with Crippen molar-refractivity contribution in [3.8, 4) is 0 Å². The number of nitrogens with one attached hydrogen (secondary N) is 1. The van der Waals surface area contributed by atoms with Gasteiger partial charge in [-0.1, -0.05) is 0 Å². The lowest BCUT2D eigenvalue weighted by Gasteiger charge is -1.93. The molecule has 2 aromatic rings. The third-order valence-corrected chi connectivity index (χ3v) is 1.82. The summed E-state index contributed by atoms with van der Waals surface area (Å²) in [4.78, 5) is 23.6. The molecule has 0 unspecified atom stereocenters. The molecule has 2 aromatic heterocycles. The average molecular weight is 276 g/mol. The summed E-state index contributed by atoms with van der Waals surface area (Å²) in [5.74, 6) is -3.24. The van der Waals surface area contributed by atoms with E-state index in [9.17, 15) is 18.0 Å². The molecule has 0 saturated heterocycles. The Balaban J connectivity index is 0.000000224. The van der Waals surface area contributed by atoms with E-state index in [1.807, 2.05) is 0 Å². The number of hydrogen-bond acceptors (Lipinski definition) is 4. The van der Waals surface area contributed by atoms with Gasteiger partial charge in [0.25, 0.3) is 0 Å². The van der Waals surface area contributed by atoms with Crippen LogP contribution < -0.4 is 5.73 Å². The monoisotopic (exact) mass is 276 g/mol. The van der Waals surface area contributed by atoms with Crippen molar-refractivity contribution < 1.29 is 27.9 Å². The Morgan fingerprint density at radius 3 is 2.37 bits per heavy atom. The second-order valence-corrected chi connectivity index (χ2v) is 3.20. The molecule has 0 spiro atoms. The highest BCUT2D eigenvalue weighted by molar-refractivity contribution is 5.95. The average Bonchev–Trinajstić information content (AvgIpc) is 2.74. The number of carboxylic acid groups (broad SMARTS) is 1. The number of fused-ring (bicyclic) bond motifs is 1. The highest BCUT2D eigenvalue weighted by Gasteiger charge is 2.38. The van der Waals surface area contributed by atoms with Crippen LogP contribution in [-0.4, -0.2) is 38.3 Å². The number of alkyl halides is 3. The number of amides is 1. The number of H-pyrrole nitrogens is 1. The normalized spacial score (nSPS) is 10.7. The van der Waals surface area contributed by atoms with Crippen LogP contribution in [0.5, 0.6) is 0 Å². The Kier molecular flexibility index (Phi) is 4.04. The summed E-state index contributed by atoms with van der Waals surface area (Å²) in [5, 5.41) is 14.3. The van der Waals surface area contributed by atoms with Gasteiger partial charge in [-0.25, -0.2) is 9.78 Å². The molecule has 10 heteroatoms. The number of aromatic amines is 1. The Morgan fingerprint density at radius 1 is 1.32 bits per heavy atom. The molecular weight excluding hydrogens is 269 g/mol. The zero-order valence-corrected chi connectivity index (χ0v) is 9.10. The second-order valence-electron chi connectivity index (χ2n) is 3.20. The minimum atomic E-state index is -5.08. The minimum Gasteiger partial charge on any atom is -0.475 e. The molecule has 0 bridgehead atoms. The lowest BCUT2D eigenvalue weighted by molar-refractivity contribution is -0.192. The Labute approximate surface area is 103 Å². The van der Waals surface area contributed by atoms with Crippen molar-refractivity contribution in [1.82, 2.24) is 15.2 Å². The zero-order chi connectivity index (χ0) is 14.6. The molecule has 4 N–H and O–H groups in total. The van der Waals surface area contributed by atoms with E-state index in [1.165, 1.54) is 6.20 Å². The van der Waals surface area contributed by atoms with Gasteiger partial charge >= 0.3 is 12.1 Å². The van der Waals surface area contributed by atoms with Gasteiger partial charge in [0, 0.05) is 11.6 Å². The van der Waals surface area contributed by atoms with Crippen LogP contribution in [0.25, 0.3) is 11.0 Å². The van der Waals surface area contributed by atoms with Crippen molar-refractivity contribution in [2.75, 3.05) is 0 Å². The van der Waals surface area contributed by atoms with Gasteiger partial charge in [-0.2, -0.15) is 18.3 Å². The molecule has 2 heterocycles. The summed E-state index contributed by atoms with van der Waals surface area (Å²) >= 11 is 0. The standard InChI is InChI=1S/C7H6N4O.C2HF3O2/c8-6(12)4-1-5-3-10-11-7(5)9-2-4;3-2(4,5)1(6)7/h1-3H,(H2,8,12)(H,9,10,11);(H,6,7). The first-order chi connectivity index (χ1) is 8.71. The highest BCUT2D eigenvalue weighted by Crippen LogP contribution is 2.13. The molecule has 1 amide bonds. The van der Waals surface area contributed by atoms with E-state index < -0.39 is 18.1 Å². The molecular formula is C9H7F3N4O3. The maximum Gasteiger partial charge on any atom is 0.490 e. The Hall–Kier alpha value is -2.65. The number of primary amides is 1. The van der Waals surface area contributed by atoms with Gasteiger partial charge in [0.05, 0.1) is 11.8 Å². The lowest BCUT2D eigenvalue weighted by Crippen LogP contribution is -2.21. The smallest absolute Gasteiger partial charge is 0.475 e. The first kappa shape index (κ1) is 14.4. The van der Waals surface area contributed by atoms with Crippen LogP contribution in [0.15, 0.2) is 18.5 Å². The van der Waals surface area contributed by atoms with E-state index >= 15 is 0 Å². The topological polar surface area (TPSA) is 122 Å². The van der Waals surface area contributed by atoms with Crippen molar-refractivity contribution in [1.29, 1.82) is 0 Å². The summed E-state index contributed by atoms with van der Waals surface area (Å²) < 4.78 is 31.7. The van der Waals surface area contributed by atoms with Gasteiger partial charge in [0.15, 0.2) is 5.65 Å². The number of carboxylic acids is 1. The van der Waals surface area contributed by atoms with E-state index in [4.69, 9.17) is 15.6 Å². The molecule has 7 nitrogen and oxygen atoms in total. The fourth-order valence-electron chi connectivity index (χ4n) is 0.971. The Morgan fingerprint density at radius 2 is 1.89 bits per heavy atom. The van der Waals surface area contributed by atoms with Crippen LogP contribution in [0, 0.1) is 0 Å². The molecule has 102 valence electrons. The van der Waals surface area contributed by atoms with Crippen LogP contribution in [0.4, 0.5) is 13.2 Å². The minimum absolute atomic E-state index is 0.393. The van der Waals surface area contributed by atoms with Gasteiger partial charge in [0.1, 0.15) is 0 Å². The fraction of sp³-hybridized carbons (Fsp3) is 0.111. The molecule has 19 heavy (non-hydrogen) atoms. The molecule has 0 fully saturated rings. The van der Waals surface area contributed by atoms with Crippen LogP contribution in [-0.2, 0) is 4.79 Å². The van der Waals surface area contributed by atoms with Gasteiger partial charge in [-0.3, -0.25) is 9.89 Å². The zero-order valence-electron chi connectivity index (χ0n) is 9.10. The van der Waals surface area contributed by atoms with E-state index in [1.54, 1.807) is 12.3 Å². The molecule has 0 aliphatic carbocycles. The summed E-state index contributed by atoms with van der Waals surface area (Å²) in [7, 11) is 0. The number of hydrogen-bond donors (Lipinski definition) is 3. The molecule has 0 saturated carbocycles. The number of halogens is 3. The summed E-state index contributed by atoms with van der Waals surface area (Å²) in [5.41, 5.74) is 6.11. The number of nitrogens with zero attached hydrogens (tertiary/aromatic N) is 2.